The molecule has 0 radical (unpaired) electrons. The monoisotopic (exact) mass is 975 g/mol. The van der Waals surface area contributed by atoms with E-state index >= 15 is 0 Å². The molecule has 66 heavy (non-hydrogen) atoms. The predicted octanol–water partition coefficient (Wildman–Crippen LogP) is 15.7. The maximum atomic E-state index is 2.44. The first-order chi connectivity index (χ1) is 31.5. The molecule has 0 unspecified atom stereocenters. The minimum atomic E-state index is 0. The van der Waals surface area contributed by atoms with Gasteiger partial charge in [-0.3, -0.25) is 0 Å². The molecule has 0 fully saturated rings. The molecule has 0 atom stereocenters. The van der Waals surface area contributed by atoms with E-state index in [-0.39, 0.29) is 24.8 Å². The summed E-state index contributed by atoms with van der Waals surface area (Å²) in [5.41, 5.74) is 0. The fraction of sp³-hybridized carbons (Fsp3) is 1.00. The largest absolute Gasteiger partial charge is 1.00 e. The van der Waals surface area contributed by atoms with Gasteiger partial charge in [0.2, 0.25) is 0 Å². The van der Waals surface area contributed by atoms with Gasteiger partial charge in [-0.05, 0) is 78.1 Å². The molecule has 0 heterocycles. The van der Waals surface area contributed by atoms with E-state index in [4.69, 9.17) is 0 Å². The van der Waals surface area contributed by atoms with Crippen molar-refractivity contribution in [1.82, 2.24) is 0 Å². The highest BCUT2D eigenvalue weighted by atomic mass is 35.5. The van der Waals surface area contributed by atoms with E-state index in [2.05, 4.69) is 55.4 Å². The molecule has 0 spiro atoms. The first-order valence-electron chi connectivity index (χ1n) is 31.2. The third-order valence-electron chi connectivity index (χ3n) is 15.7. The summed E-state index contributed by atoms with van der Waals surface area (Å²) < 4.78 is 2.82. The van der Waals surface area contributed by atoms with E-state index in [1.54, 1.807) is 0 Å². The second-order valence-corrected chi connectivity index (χ2v) is 21.8. The van der Waals surface area contributed by atoms with Crippen molar-refractivity contribution < 1.29 is 33.8 Å². The van der Waals surface area contributed by atoms with Crippen molar-refractivity contribution in [3.8, 4) is 0 Å². The molecule has 0 rings (SSSR count). The molecule has 0 aliphatic rings. The number of unbranched alkanes of at least 4 members (excludes halogenated alkanes) is 40. The minimum absolute atomic E-state index is 0. The van der Waals surface area contributed by atoms with Gasteiger partial charge in [0.25, 0.3) is 0 Å². The second-order valence-electron chi connectivity index (χ2n) is 21.8. The van der Waals surface area contributed by atoms with Crippen molar-refractivity contribution in [3.05, 3.63) is 0 Å². The molecular weight excluding hydrogens is 844 g/mol. The molecule has 404 valence electrons. The molecule has 0 aromatic heterocycles. The number of hydrogen-bond donors (Lipinski definition) is 0. The Balaban J connectivity index is -0.000000566. The third-order valence-corrected chi connectivity index (χ3v) is 15.7. The Bertz CT molecular complexity index is 754. The third kappa shape index (κ3) is 52.3. The molecular formula is C62H132Cl2N2. The van der Waals surface area contributed by atoms with Gasteiger partial charge in [0.05, 0.1) is 52.4 Å². The van der Waals surface area contributed by atoms with Crippen molar-refractivity contribution >= 4 is 0 Å². The van der Waals surface area contributed by atoms with Crippen LogP contribution in [0.15, 0.2) is 0 Å². The van der Waals surface area contributed by atoms with E-state index in [0.29, 0.717) is 0 Å². The van der Waals surface area contributed by atoms with Crippen molar-refractivity contribution in [3.63, 3.8) is 0 Å². The summed E-state index contributed by atoms with van der Waals surface area (Å²) in [6, 6.07) is 0. The molecule has 0 bridgehead atoms. The van der Waals surface area contributed by atoms with E-state index in [9.17, 15) is 0 Å². The van der Waals surface area contributed by atoms with Crippen LogP contribution in [0, 0.1) is 0 Å². The van der Waals surface area contributed by atoms with Crippen LogP contribution in [0.4, 0.5) is 0 Å². The van der Waals surface area contributed by atoms with Crippen LogP contribution in [-0.2, 0) is 0 Å². The van der Waals surface area contributed by atoms with Gasteiger partial charge < -0.3 is 33.8 Å². The Morgan fingerprint density at radius 3 is 0.455 bits per heavy atom. The van der Waals surface area contributed by atoms with Gasteiger partial charge in [-0.2, -0.15) is 0 Å². The maximum Gasteiger partial charge on any atom is 0.0786 e. The Morgan fingerprint density at radius 1 is 0.152 bits per heavy atom. The van der Waals surface area contributed by atoms with Crippen LogP contribution in [0.25, 0.3) is 0 Å². The number of nitrogens with zero attached hydrogens (tertiary/aromatic N) is 2. The summed E-state index contributed by atoms with van der Waals surface area (Å²) in [4.78, 5) is 0. The van der Waals surface area contributed by atoms with Crippen molar-refractivity contribution in [2.45, 2.75) is 351 Å². The van der Waals surface area contributed by atoms with Crippen molar-refractivity contribution in [2.24, 2.45) is 0 Å². The zero-order chi connectivity index (χ0) is 47.2. The van der Waals surface area contributed by atoms with Crippen LogP contribution >= 0.6 is 0 Å². The summed E-state index contributed by atoms with van der Waals surface area (Å²) in [6.07, 6.45) is 67.0. The molecule has 0 aliphatic heterocycles. The highest BCUT2D eigenvalue weighted by Crippen LogP contribution is 2.20. The lowest BCUT2D eigenvalue weighted by atomic mass is 10.0. The number of halogens is 2. The van der Waals surface area contributed by atoms with Gasteiger partial charge in [0, 0.05) is 0 Å². The standard InChI is InChI=1S/C32H68N.C30H64N.2ClH/c1-5-9-11-13-15-17-19-21-23-25-27-29-31-33(7-3,8-4)32-30-28-26-24-22-20-18-16-14-12-10-6-2;1-5-9-11-13-15-17-19-21-23-25-29-31(27-7-3,28-8-4)30-26-24-22-20-18-16-14-12-10-6-2;;/h5-32H2,1-4H3;5-30H2,1-4H3;2*1H/q2*+1;;/p-2. The molecule has 2 nitrogen and oxygen atoms in total. The van der Waals surface area contributed by atoms with Crippen LogP contribution < -0.4 is 24.8 Å². The van der Waals surface area contributed by atoms with Gasteiger partial charge in [0.15, 0.2) is 0 Å². The molecule has 0 amide bonds. The Labute approximate surface area is 434 Å². The van der Waals surface area contributed by atoms with E-state index in [1.807, 2.05) is 0 Å². The van der Waals surface area contributed by atoms with Crippen LogP contribution in [0.1, 0.15) is 351 Å². The summed E-state index contributed by atoms with van der Waals surface area (Å²) in [5, 5.41) is 0. The van der Waals surface area contributed by atoms with Crippen LogP contribution in [0.2, 0.25) is 0 Å². The lowest BCUT2D eigenvalue weighted by molar-refractivity contribution is -0.928. The summed E-state index contributed by atoms with van der Waals surface area (Å²) >= 11 is 0. The van der Waals surface area contributed by atoms with Crippen LogP contribution in [0.3, 0.4) is 0 Å². The predicted molar refractivity (Wildman–Crippen MR) is 297 cm³/mol. The van der Waals surface area contributed by atoms with Crippen molar-refractivity contribution in [1.29, 1.82) is 0 Å². The topological polar surface area (TPSA) is 0 Å². The SMILES string of the molecule is CCCCCCCCCCCCCC[N+](CC)(CC)CCCCCCCCCCCCCC.CCCCCCCCCCCC[N+](CCC)(CCC)CCCCCCCCCCCC.[Cl-].[Cl-]. The second kappa shape index (κ2) is 61.6. The van der Waals surface area contributed by atoms with Crippen LogP contribution in [-0.4, -0.2) is 61.3 Å². The zero-order valence-corrected chi connectivity index (χ0v) is 49.3. The van der Waals surface area contributed by atoms with Crippen molar-refractivity contribution in [2.75, 3.05) is 52.4 Å². The maximum absolute atomic E-state index is 2.44. The highest BCUT2D eigenvalue weighted by molar-refractivity contribution is 4.55. The lowest BCUT2D eigenvalue weighted by Crippen LogP contribution is -3.00. The average molecular weight is 977 g/mol. The van der Waals surface area contributed by atoms with E-state index < -0.39 is 0 Å². The molecule has 0 aromatic carbocycles. The fourth-order valence-electron chi connectivity index (χ4n) is 11.0. The first-order valence-corrected chi connectivity index (χ1v) is 31.2. The quantitative estimate of drug-likeness (QED) is 0.0421. The Kier molecular flexibility index (Phi) is 68.2. The van der Waals surface area contributed by atoms with E-state index in [1.165, 1.54) is 357 Å². The molecule has 0 aliphatic carbocycles. The average Bonchev–Trinajstić information content (AvgIpc) is 3.30. The minimum Gasteiger partial charge on any atom is -1.00 e. The van der Waals surface area contributed by atoms with Gasteiger partial charge in [0.1, 0.15) is 0 Å². The highest BCUT2D eigenvalue weighted by Gasteiger charge is 2.24. The summed E-state index contributed by atoms with van der Waals surface area (Å²) in [6.45, 7) is 30.2. The van der Waals surface area contributed by atoms with E-state index in [0.717, 1.165) is 0 Å². The number of rotatable bonds is 54. The fourth-order valence-corrected chi connectivity index (χ4v) is 11.0. The first kappa shape index (κ1) is 73.0. The Hall–Kier alpha value is 0.500. The Morgan fingerprint density at radius 2 is 0.303 bits per heavy atom. The number of quaternary nitrogens is 2. The normalized spacial score (nSPS) is 11.6. The summed E-state index contributed by atoms with van der Waals surface area (Å²) in [5.74, 6) is 0. The molecule has 0 saturated carbocycles. The number of hydrogen-bond acceptors (Lipinski definition) is 0. The smallest absolute Gasteiger partial charge is 0.0786 e. The molecule has 0 N–H and O–H groups in total. The van der Waals surface area contributed by atoms with Crippen LogP contribution in [0.5, 0.6) is 0 Å². The molecule has 0 saturated heterocycles. The van der Waals surface area contributed by atoms with Gasteiger partial charge in [-0.15, -0.1) is 0 Å². The lowest BCUT2D eigenvalue weighted by Gasteiger charge is -2.39. The van der Waals surface area contributed by atoms with Gasteiger partial charge in [-0.1, -0.05) is 273 Å². The van der Waals surface area contributed by atoms with Gasteiger partial charge >= 0.3 is 0 Å². The van der Waals surface area contributed by atoms with Gasteiger partial charge in [-0.25, -0.2) is 0 Å². The molecule has 0 aromatic rings. The zero-order valence-electron chi connectivity index (χ0n) is 47.8. The summed E-state index contributed by atoms with van der Waals surface area (Å²) in [7, 11) is 0. The molecule has 4 heteroatoms.